The number of rotatable bonds is 5. The van der Waals surface area contributed by atoms with E-state index in [4.69, 9.17) is 10.5 Å². The number of amides is 1. The maximum Gasteiger partial charge on any atom is 0.326 e. The largest absolute Gasteiger partial charge is 0.488 e. The average Bonchev–Trinajstić information content (AvgIpc) is 3.03. The summed E-state index contributed by atoms with van der Waals surface area (Å²) in [7, 11) is 0. The molecule has 2 atom stereocenters. The zero-order chi connectivity index (χ0) is 17.8. The zero-order valence-corrected chi connectivity index (χ0v) is 13.7. The zero-order valence-electron chi connectivity index (χ0n) is 13.7. The van der Waals surface area contributed by atoms with Gasteiger partial charge in [0.25, 0.3) is 5.91 Å². The van der Waals surface area contributed by atoms with Crippen molar-refractivity contribution in [1.29, 1.82) is 0 Å². The Kier molecular flexibility index (Phi) is 5.00. The predicted octanol–water partition coefficient (Wildman–Crippen LogP) is 1.89. The molecule has 0 aliphatic carbocycles. The molecule has 1 aliphatic heterocycles. The Morgan fingerprint density at radius 2 is 1.80 bits per heavy atom. The lowest BCUT2D eigenvalue weighted by atomic mass is 10.1. The van der Waals surface area contributed by atoms with Crippen molar-refractivity contribution in [2.24, 2.45) is 5.73 Å². The normalized spacial score (nSPS) is 19.6. The first-order valence-corrected chi connectivity index (χ1v) is 8.11. The topological polar surface area (TPSA) is 92.9 Å². The Hall–Kier alpha value is -2.86. The number of likely N-dealkylation sites (tertiary alicyclic amines) is 1. The van der Waals surface area contributed by atoms with Crippen LogP contribution in [0.3, 0.4) is 0 Å². The molecule has 3 N–H and O–H groups in total. The third kappa shape index (κ3) is 3.80. The number of carbonyl (C=O) groups is 2. The summed E-state index contributed by atoms with van der Waals surface area (Å²) in [5.41, 5.74) is 7.18. The van der Waals surface area contributed by atoms with Gasteiger partial charge in [-0.15, -0.1) is 0 Å². The van der Waals surface area contributed by atoms with Gasteiger partial charge in [-0.1, -0.05) is 42.5 Å². The molecule has 130 valence electrons. The van der Waals surface area contributed by atoms with Crippen LogP contribution in [0.4, 0.5) is 0 Å². The van der Waals surface area contributed by atoms with E-state index >= 15 is 0 Å². The van der Waals surface area contributed by atoms with E-state index in [9.17, 15) is 14.7 Å². The molecule has 25 heavy (non-hydrogen) atoms. The van der Waals surface area contributed by atoms with Gasteiger partial charge >= 0.3 is 5.97 Å². The summed E-state index contributed by atoms with van der Waals surface area (Å²) in [6, 6.07) is 15.3. The highest BCUT2D eigenvalue weighted by Gasteiger charge is 2.39. The van der Waals surface area contributed by atoms with E-state index in [1.165, 1.54) is 4.90 Å². The number of carboxylic acid groups (broad SMARTS) is 1. The van der Waals surface area contributed by atoms with E-state index in [2.05, 4.69) is 0 Å². The molecule has 1 fully saturated rings. The number of hydrogen-bond acceptors (Lipinski definition) is 4. The Balaban J connectivity index is 1.80. The van der Waals surface area contributed by atoms with Crippen LogP contribution in [-0.2, 0) is 11.4 Å². The van der Waals surface area contributed by atoms with Gasteiger partial charge in [-0.2, -0.15) is 0 Å². The van der Waals surface area contributed by atoms with E-state index in [-0.39, 0.29) is 24.9 Å². The highest BCUT2D eigenvalue weighted by molar-refractivity contribution is 5.99. The van der Waals surface area contributed by atoms with Gasteiger partial charge < -0.3 is 20.5 Å². The number of hydrogen-bond donors (Lipinski definition) is 2. The van der Waals surface area contributed by atoms with Crippen molar-refractivity contribution in [1.82, 2.24) is 4.90 Å². The summed E-state index contributed by atoms with van der Waals surface area (Å²) < 4.78 is 5.80. The minimum atomic E-state index is -1.04. The highest BCUT2D eigenvalue weighted by atomic mass is 16.5. The van der Waals surface area contributed by atoms with Gasteiger partial charge in [-0.05, 0) is 24.1 Å². The van der Waals surface area contributed by atoms with Crippen LogP contribution in [-0.4, -0.2) is 40.5 Å². The molecule has 0 saturated carbocycles. The monoisotopic (exact) mass is 340 g/mol. The van der Waals surface area contributed by atoms with E-state index in [0.717, 1.165) is 5.56 Å². The van der Waals surface area contributed by atoms with E-state index in [1.54, 1.807) is 24.3 Å². The number of benzene rings is 2. The minimum absolute atomic E-state index is 0.225. The molecule has 6 heteroatoms. The van der Waals surface area contributed by atoms with Crippen LogP contribution in [0.5, 0.6) is 5.75 Å². The Labute approximate surface area is 145 Å². The van der Waals surface area contributed by atoms with Gasteiger partial charge in [-0.3, -0.25) is 4.79 Å². The maximum absolute atomic E-state index is 12.9. The van der Waals surface area contributed by atoms with Gasteiger partial charge in [0.2, 0.25) is 0 Å². The van der Waals surface area contributed by atoms with Crippen molar-refractivity contribution < 1.29 is 19.4 Å². The number of para-hydroxylation sites is 1. The van der Waals surface area contributed by atoms with Crippen molar-refractivity contribution in [2.45, 2.75) is 25.1 Å². The lowest BCUT2D eigenvalue weighted by Crippen LogP contribution is -2.40. The van der Waals surface area contributed by atoms with Crippen LogP contribution in [0.2, 0.25) is 0 Å². The summed E-state index contributed by atoms with van der Waals surface area (Å²) in [5, 5.41) is 9.34. The Morgan fingerprint density at radius 1 is 1.12 bits per heavy atom. The van der Waals surface area contributed by atoms with E-state index < -0.39 is 12.0 Å². The van der Waals surface area contributed by atoms with Crippen molar-refractivity contribution in [2.75, 3.05) is 6.54 Å². The number of nitrogens with zero attached hydrogens (tertiary/aromatic N) is 1. The number of carboxylic acids is 1. The first-order chi connectivity index (χ1) is 12.1. The molecule has 0 radical (unpaired) electrons. The van der Waals surface area contributed by atoms with E-state index in [0.29, 0.717) is 17.9 Å². The smallest absolute Gasteiger partial charge is 0.326 e. The standard InChI is InChI=1S/C19H20N2O4/c20-14-10-16(19(23)24)21(11-14)18(22)15-8-4-5-9-17(15)25-12-13-6-2-1-3-7-13/h1-9,14,16H,10-12,20H2,(H,23,24)/t14-,16-/m0/s1. The number of aliphatic carboxylic acids is 1. The predicted molar refractivity (Wildman–Crippen MR) is 92.3 cm³/mol. The summed E-state index contributed by atoms with van der Waals surface area (Å²) in [6.45, 7) is 0.551. The summed E-state index contributed by atoms with van der Waals surface area (Å²) in [6.07, 6.45) is 0.258. The lowest BCUT2D eigenvalue weighted by molar-refractivity contribution is -0.141. The lowest BCUT2D eigenvalue weighted by Gasteiger charge is -2.22. The van der Waals surface area contributed by atoms with E-state index in [1.807, 2.05) is 30.3 Å². The van der Waals surface area contributed by atoms with Crippen LogP contribution in [0, 0.1) is 0 Å². The van der Waals surface area contributed by atoms with Crippen molar-refractivity contribution >= 4 is 11.9 Å². The van der Waals surface area contributed by atoms with Crippen LogP contribution < -0.4 is 10.5 Å². The van der Waals surface area contributed by atoms with Gasteiger partial charge in [-0.25, -0.2) is 4.79 Å². The van der Waals surface area contributed by atoms with Crippen LogP contribution in [0.1, 0.15) is 22.3 Å². The molecule has 0 aromatic heterocycles. The van der Waals surface area contributed by atoms with Gasteiger partial charge in [0.15, 0.2) is 0 Å². The van der Waals surface area contributed by atoms with Crippen molar-refractivity contribution in [3.05, 3.63) is 65.7 Å². The molecule has 1 heterocycles. The molecule has 1 amide bonds. The number of carbonyl (C=O) groups excluding carboxylic acids is 1. The second-order valence-electron chi connectivity index (χ2n) is 6.08. The molecule has 0 unspecified atom stereocenters. The van der Waals surface area contributed by atoms with Crippen LogP contribution in [0.15, 0.2) is 54.6 Å². The Morgan fingerprint density at radius 3 is 2.52 bits per heavy atom. The second-order valence-corrected chi connectivity index (χ2v) is 6.08. The van der Waals surface area contributed by atoms with Crippen molar-refractivity contribution in [3.8, 4) is 5.75 Å². The molecular weight excluding hydrogens is 320 g/mol. The number of nitrogens with two attached hydrogens (primary N) is 1. The molecular formula is C19H20N2O4. The molecule has 3 rings (SSSR count). The summed E-state index contributed by atoms with van der Waals surface area (Å²) in [5.74, 6) is -0.978. The fraction of sp³-hybridized carbons (Fsp3) is 0.263. The fourth-order valence-corrected chi connectivity index (χ4v) is 2.99. The quantitative estimate of drug-likeness (QED) is 0.867. The highest BCUT2D eigenvalue weighted by Crippen LogP contribution is 2.25. The number of ether oxygens (including phenoxy) is 1. The average molecular weight is 340 g/mol. The molecule has 0 bridgehead atoms. The van der Waals surface area contributed by atoms with Gasteiger partial charge in [0.05, 0.1) is 5.56 Å². The van der Waals surface area contributed by atoms with Crippen LogP contribution >= 0.6 is 0 Å². The minimum Gasteiger partial charge on any atom is -0.488 e. The molecule has 1 aliphatic rings. The van der Waals surface area contributed by atoms with Gasteiger partial charge in [0, 0.05) is 12.6 Å². The molecule has 1 saturated heterocycles. The van der Waals surface area contributed by atoms with Gasteiger partial charge in [0.1, 0.15) is 18.4 Å². The SMILES string of the molecule is N[C@H]1C[C@@H](C(=O)O)N(C(=O)c2ccccc2OCc2ccccc2)C1. The maximum atomic E-state index is 12.9. The third-order valence-corrected chi connectivity index (χ3v) is 4.23. The summed E-state index contributed by atoms with van der Waals surface area (Å²) in [4.78, 5) is 25.6. The first kappa shape index (κ1) is 17.0. The molecule has 2 aromatic rings. The molecule has 2 aromatic carbocycles. The molecule has 0 spiro atoms. The molecule has 6 nitrogen and oxygen atoms in total. The first-order valence-electron chi connectivity index (χ1n) is 8.11. The Bertz CT molecular complexity index is 763. The summed E-state index contributed by atoms with van der Waals surface area (Å²) >= 11 is 0. The second kappa shape index (κ2) is 7.36. The van der Waals surface area contributed by atoms with Crippen molar-refractivity contribution in [3.63, 3.8) is 0 Å². The third-order valence-electron chi connectivity index (χ3n) is 4.23. The van der Waals surface area contributed by atoms with Crippen LogP contribution in [0.25, 0.3) is 0 Å². The fourth-order valence-electron chi connectivity index (χ4n) is 2.99.